The highest BCUT2D eigenvalue weighted by Gasteiger charge is 2.20. The predicted octanol–water partition coefficient (Wildman–Crippen LogP) is 3.52. The van der Waals surface area contributed by atoms with Gasteiger partial charge in [-0.1, -0.05) is 18.2 Å². The zero-order chi connectivity index (χ0) is 18.5. The van der Waals surface area contributed by atoms with Crippen LogP contribution in [0.2, 0.25) is 0 Å². The SMILES string of the molecule is O=C(NCc1ccccc1F)c1cc(F)ccc1NC(=O)N1CCCC1. The lowest BCUT2D eigenvalue weighted by molar-refractivity contribution is 0.0951. The summed E-state index contributed by atoms with van der Waals surface area (Å²) in [6.45, 7) is 1.27. The van der Waals surface area contributed by atoms with Gasteiger partial charge in [0.25, 0.3) is 5.91 Å². The molecule has 0 radical (unpaired) electrons. The fourth-order valence-electron chi connectivity index (χ4n) is 2.84. The Balaban J connectivity index is 1.73. The monoisotopic (exact) mass is 359 g/mol. The first-order valence-electron chi connectivity index (χ1n) is 8.41. The molecular formula is C19H19F2N3O2. The Morgan fingerprint density at radius 2 is 1.77 bits per heavy atom. The van der Waals surface area contributed by atoms with Gasteiger partial charge < -0.3 is 15.5 Å². The van der Waals surface area contributed by atoms with Crippen LogP contribution in [-0.4, -0.2) is 29.9 Å². The molecule has 7 heteroatoms. The molecule has 0 aromatic heterocycles. The lowest BCUT2D eigenvalue weighted by Gasteiger charge is -2.18. The fourth-order valence-corrected chi connectivity index (χ4v) is 2.84. The molecule has 1 fully saturated rings. The average Bonchev–Trinajstić information content (AvgIpc) is 3.17. The van der Waals surface area contributed by atoms with Crippen LogP contribution in [0.25, 0.3) is 0 Å². The molecule has 0 atom stereocenters. The smallest absolute Gasteiger partial charge is 0.321 e. The second-order valence-corrected chi connectivity index (χ2v) is 6.09. The van der Waals surface area contributed by atoms with Gasteiger partial charge in [0.15, 0.2) is 0 Å². The van der Waals surface area contributed by atoms with E-state index in [1.54, 1.807) is 23.1 Å². The van der Waals surface area contributed by atoms with Gasteiger partial charge in [-0.25, -0.2) is 13.6 Å². The number of carbonyl (C=O) groups is 2. The summed E-state index contributed by atoms with van der Waals surface area (Å²) < 4.78 is 27.3. The molecule has 0 spiro atoms. The van der Waals surface area contributed by atoms with Gasteiger partial charge in [-0.05, 0) is 37.1 Å². The van der Waals surface area contributed by atoms with Crippen LogP contribution < -0.4 is 10.6 Å². The van der Waals surface area contributed by atoms with Crippen molar-refractivity contribution in [1.29, 1.82) is 0 Å². The summed E-state index contributed by atoms with van der Waals surface area (Å²) in [5.41, 5.74) is 0.531. The maximum Gasteiger partial charge on any atom is 0.321 e. The predicted molar refractivity (Wildman–Crippen MR) is 93.8 cm³/mol. The van der Waals surface area contributed by atoms with Crippen molar-refractivity contribution in [2.75, 3.05) is 18.4 Å². The van der Waals surface area contributed by atoms with Crippen LogP contribution in [0.5, 0.6) is 0 Å². The van der Waals surface area contributed by atoms with Crippen molar-refractivity contribution in [1.82, 2.24) is 10.2 Å². The zero-order valence-corrected chi connectivity index (χ0v) is 14.1. The van der Waals surface area contributed by atoms with Crippen LogP contribution in [0, 0.1) is 11.6 Å². The van der Waals surface area contributed by atoms with E-state index in [9.17, 15) is 18.4 Å². The maximum atomic E-state index is 13.7. The second kappa shape index (κ2) is 7.95. The lowest BCUT2D eigenvalue weighted by atomic mass is 10.1. The summed E-state index contributed by atoms with van der Waals surface area (Å²) >= 11 is 0. The number of nitrogens with zero attached hydrogens (tertiary/aromatic N) is 1. The Morgan fingerprint density at radius 1 is 1.04 bits per heavy atom. The molecule has 0 saturated carbocycles. The molecule has 0 unspecified atom stereocenters. The Morgan fingerprint density at radius 3 is 2.50 bits per heavy atom. The van der Waals surface area contributed by atoms with Crippen LogP contribution >= 0.6 is 0 Å². The van der Waals surface area contributed by atoms with Gasteiger partial charge in [0, 0.05) is 25.2 Å². The number of amides is 3. The number of hydrogen-bond acceptors (Lipinski definition) is 2. The topological polar surface area (TPSA) is 61.4 Å². The van der Waals surface area contributed by atoms with Gasteiger partial charge in [0.1, 0.15) is 11.6 Å². The van der Waals surface area contributed by atoms with Crippen molar-refractivity contribution in [2.24, 2.45) is 0 Å². The Kier molecular flexibility index (Phi) is 5.46. The van der Waals surface area contributed by atoms with E-state index in [4.69, 9.17) is 0 Å². The van der Waals surface area contributed by atoms with Gasteiger partial charge in [-0.2, -0.15) is 0 Å². The van der Waals surface area contributed by atoms with E-state index < -0.39 is 17.5 Å². The molecule has 26 heavy (non-hydrogen) atoms. The summed E-state index contributed by atoms with van der Waals surface area (Å²) in [5, 5.41) is 5.21. The minimum atomic E-state index is -0.597. The van der Waals surface area contributed by atoms with Crippen molar-refractivity contribution in [3.63, 3.8) is 0 Å². The molecule has 2 N–H and O–H groups in total. The van der Waals surface area contributed by atoms with E-state index in [-0.39, 0.29) is 23.8 Å². The molecule has 3 rings (SSSR count). The van der Waals surface area contributed by atoms with Crippen molar-refractivity contribution in [3.8, 4) is 0 Å². The largest absolute Gasteiger partial charge is 0.348 e. The van der Waals surface area contributed by atoms with Crippen molar-refractivity contribution in [2.45, 2.75) is 19.4 Å². The van der Waals surface area contributed by atoms with Gasteiger partial charge in [-0.3, -0.25) is 4.79 Å². The van der Waals surface area contributed by atoms with E-state index >= 15 is 0 Å². The molecule has 2 aromatic carbocycles. The number of halogens is 2. The number of benzene rings is 2. The van der Waals surface area contributed by atoms with E-state index in [0.29, 0.717) is 18.7 Å². The summed E-state index contributed by atoms with van der Waals surface area (Å²) in [4.78, 5) is 26.3. The molecule has 3 amide bonds. The van der Waals surface area contributed by atoms with Crippen molar-refractivity contribution >= 4 is 17.6 Å². The molecule has 1 aliphatic heterocycles. The molecule has 1 heterocycles. The van der Waals surface area contributed by atoms with Gasteiger partial charge >= 0.3 is 6.03 Å². The molecular weight excluding hydrogens is 340 g/mol. The van der Waals surface area contributed by atoms with Crippen LogP contribution in [0.3, 0.4) is 0 Å². The number of anilines is 1. The number of nitrogens with one attached hydrogen (secondary N) is 2. The van der Waals surface area contributed by atoms with Crippen LogP contribution in [-0.2, 0) is 6.54 Å². The van der Waals surface area contributed by atoms with Crippen LogP contribution in [0.15, 0.2) is 42.5 Å². The third-order valence-electron chi connectivity index (χ3n) is 4.26. The second-order valence-electron chi connectivity index (χ2n) is 6.09. The third-order valence-corrected chi connectivity index (χ3v) is 4.26. The molecule has 0 aliphatic carbocycles. The zero-order valence-electron chi connectivity index (χ0n) is 14.1. The summed E-state index contributed by atoms with van der Waals surface area (Å²) in [5.74, 6) is -1.63. The highest BCUT2D eigenvalue weighted by molar-refractivity contribution is 6.03. The summed E-state index contributed by atoms with van der Waals surface area (Å²) in [7, 11) is 0. The molecule has 5 nitrogen and oxygen atoms in total. The minimum absolute atomic E-state index is 0.00566. The van der Waals surface area contributed by atoms with E-state index in [1.807, 2.05) is 0 Å². The number of urea groups is 1. The fraction of sp³-hybridized carbons (Fsp3) is 0.263. The van der Waals surface area contributed by atoms with E-state index in [2.05, 4.69) is 10.6 Å². The number of carbonyl (C=O) groups excluding carboxylic acids is 2. The number of hydrogen-bond donors (Lipinski definition) is 2. The first kappa shape index (κ1) is 17.8. The quantitative estimate of drug-likeness (QED) is 0.877. The van der Waals surface area contributed by atoms with Crippen LogP contribution in [0.4, 0.5) is 19.3 Å². The highest BCUT2D eigenvalue weighted by atomic mass is 19.1. The highest BCUT2D eigenvalue weighted by Crippen LogP contribution is 2.19. The molecule has 1 saturated heterocycles. The average molecular weight is 359 g/mol. The lowest BCUT2D eigenvalue weighted by Crippen LogP contribution is -2.33. The molecule has 2 aromatic rings. The van der Waals surface area contributed by atoms with E-state index in [0.717, 1.165) is 18.9 Å². The molecule has 136 valence electrons. The van der Waals surface area contributed by atoms with Gasteiger partial charge in [-0.15, -0.1) is 0 Å². The first-order chi connectivity index (χ1) is 12.5. The Labute approximate surface area is 150 Å². The van der Waals surface area contributed by atoms with Crippen molar-refractivity contribution < 1.29 is 18.4 Å². The van der Waals surface area contributed by atoms with Crippen molar-refractivity contribution in [3.05, 3.63) is 65.2 Å². The Hall–Kier alpha value is -2.96. The minimum Gasteiger partial charge on any atom is -0.348 e. The summed E-state index contributed by atoms with van der Waals surface area (Å²) in [6.07, 6.45) is 1.87. The van der Waals surface area contributed by atoms with E-state index in [1.165, 1.54) is 18.2 Å². The molecule has 1 aliphatic rings. The molecule has 0 bridgehead atoms. The van der Waals surface area contributed by atoms with Crippen LogP contribution in [0.1, 0.15) is 28.8 Å². The maximum absolute atomic E-state index is 13.7. The number of rotatable bonds is 4. The first-order valence-corrected chi connectivity index (χ1v) is 8.41. The normalized spacial score (nSPS) is 13.5. The standard InChI is InChI=1S/C19H19F2N3O2/c20-14-7-8-17(23-19(26)24-9-3-4-10-24)15(11-14)18(25)22-12-13-5-1-2-6-16(13)21/h1-2,5-8,11H,3-4,9-10,12H2,(H,22,25)(H,23,26). The summed E-state index contributed by atoms with van der Waals surface area (Å²) in [6, 6.07) is 9.32. The number of likely N-dealkylation sites (tertiary alicyclic amines) is 1. The van der Waals surface area contributed by atoms with Gasteiger partial charge in [0.2, 0.25) is 0 Å². The third kappa shape index (κ3) is 4.17. The Bertz CT molecular complexity index is 820. The van der Waals surface area contributed by atoms with Gasteiger partial charge in [0.05, 0.1) is 11.3 Å².